The van der Waals surface area contributed by atoms with Crippen molar-refractivity contribution in [2.45, 2.75) is 52.5 Å². The van der Waals surface area contributed by atoms with E-state index >= 15 is 0 Å². The molecule has 1 aromatic rings. The van der Waals surface area contributed by atoms with Crippen LogP contribution in [0.15, 0.2) is 18.2 Å². The second-order valence-electron chi connectivity index (χ2n) is 6.21. The van der Waals surface area contributed by atoms with Gasteiger partial charge in [0, 0.05) is 12.1 Å². The van der Waals surface area contributed by atoms with Crippen molar-refractivity contribution in [1.29, 1.82) is 0 Å². The van der Waals surface area contributed by atoms with Crippen molar-refractivity contribution in [3.8, 4) is 11.5 Å². The molecule has 1 N–H and O–H groups in total. The summed E-state index contributed by atoms with van der Waals surface area (Å²) in [7, 11) is 0. The summed E-state index contributed by atoms with van der Waals surface area (Å²) in [5, 5.41) is 3.52. The van der Waals surface area contributed by atoms with Crippen LogP contribution in [-0.4, -0.2) is 19.8 Å². The van der Waals surface area contributed by atoms with Crippen LogP contribution in [0, 0.1) is 5.92 Å². The second-order valence-corrected chi connectivity index (χ2v) is 6.21. The van der Waals surface area contributed by atoms with Crippen molar-refractivity contribution < 1.29 is 9.47 Å². The van der Waals surface area contributed by atoms with E-state index in [4.69, 9.17) is 9.47 Å². The van der Waals surface area contributed by atoms with Gasteiger partial charge in [-0.2, -0.15) is 0 Å². The van der Waals surface area contributed by atoms with Crippen LogP contribution in [0.2, 0.25) is 0 Å². The van der Waals surface area contributed by atoms with Crippen molar-refractivity contribution in [3.05, 3.63) is 23.8 Å². The van der Waals surface area contributed by atoms with E-state index in [1.165, 1.54) is 37.7 Å². The molecule has 3 heteroatoms. The predicted molar refractivity (Wildman–Crippen MR) is 87.1 cm³/mol. The molecule has 118 valence electrons. The maximum Gasteiger partial charge on any atom is 0.165 e. The molecule has 0 unspecified atom stereocenters. The summed E-state index contributed by atoms with van der Waals surface area (Å²) in [5.74, 6) is 2.65. The monoisotopic (exact) mass is 291 g/mol. The molecule has 0 aromatic heterocycles. The van der Waals surface area contributed by atoms with Gasteiger partial charge in [0.25, 0.3) is 0 Å². The van der Waals surface area contributed by atoms with Gasteiger partial charge in [-0.3, -0.25) is 0 Å². The Bertz CT molecular complexity index is 418. The van der Waals surface area contributed by atoms with Gasteiger partial charge in [-0.05, 0) is 24.9 Å². The van der Waals surface area contributed by atoms with Crippen LogP contribution < -0.4 is 14.8 Å². The first-order valence-corrected chi connectivity index (χ1v) is 8.35. The Morgan fingerprint density at radius 1 is 1.05 bits per heavy atom. The van der Waals surface area contributed by atoms with E-state index < -0.39 is 0 Å². The average Bonchev–Trinajstić information content (AvgIpc) is 2.50. The Morgan fingerprint density at radius 3 is 2.71 bits per heavy atom. The summed E-state index contributed by atoms with van der Waals surface area (Å²) in [6, 6.07) is 6.13. The van der Waals surface area contributed by atoms with E-state index in [9.17, 15) is 0 Å². The van der Waals surface area contributed by atoms with Gasteiger partial charge in [0.2, 0.25) is 0 Å². The standard InChI is InChI=1S/C18H29NO2/c1-15(2)8-5-3-4-6-11-19-14-16-9-7-10-17-18(16)21-13-12-20-17/h7,9-10,15,19H,3-6,8,11-14H2,1-2H3. The minimum atomic E-state index is 0.653. The fourth-order valence-corrected chi connectivity index (χ4v) is 2.65. The summed E-state index contributed by atoms with van der Waals surface area (Å²) in [6.07, 6.45) is 6.67. The molecule has 1 aliphatic rings. The van der Waals surface area contributed by atoms with Gasteiger partial charge in [-0.25, -0.2) is 0 Å². The van der Waals surface area contributed by atoms with Crippen LogP contribution in [0.5, 0.6) is 11.5 Å². The van der Waals surface area contributed by atoms with Gasteiger partial charge in [0.05, 0.1) is 0 Å². The molecule has 21 heavy (non-hydrogen) atoms. The van der Waals surface area contributed by atoms with E-state index in [1.807, 2.05) is 12.1 Å². The zero-order valence-electron chi connectivity index (χ0n) is 13.5. The highest BCUT2D eigenvalue weighted by molar-refractivity contribution is 5.47. The number of rotatable bonds is 9. The summed E-state index contributed by atoms with van der Waals surface area (Å²) < 4.78 is 11.3. The van der Waals surface area contributed by atoms with Gasteiger partial charge in [0.15, 0.2) is 11.5 Å². The van der Waals surface area contributed by atoms with Gasteiger partial charge in [-0.15, -0.1) is 0 Å². The van der Waals surface area contributed by atoms with E-state index in [0.29, 0.717) is 13.2 Å². The zero-order valence-corrected chi connectivity index (χ0v) is 13.5. The van der Waals surface area contributed by atoms with Crippen molar-refractivity contribution in [2.75, 3.05) is 19.8 Å². The molecule has 0 fully saturated rings. The number of unbranched alkanes of at least 4 members (excludes halogenated alkanes) is 3. The Kier molecular flexibility index (Phi) is 6.87. The fraction of sp³-hybridized carbons (Fsp3) is 0.667. The van der Waals surface area contributed by atoms with Crippen molar-refractivity contribution in [2.24, 2.45) is 5.92 Å². The lowest BCUT2D eigenvalue weighted by atomic mass is 10.0. The molecule has 1 aromatic carbocycles. The Morgan fingerprint density at radius 2 is 1.86 bits per heavy atom. The maximum atomic E-state index is 5.72. The summed E-state index contributed by atoms with van der Waals surface area (Å²) in [5.41, 5.74) is 1.20. The minimum Gasteiger partial charge on any atom is -0.486 e. The quantitative estimate of drug-likeness (QED) is 0.693. The van der Waals surface area contributed by atoms with Crippen molar-refractivity contribution in [1.82, 2.24) is 5.32 Å². The lowest BCUT2D eigenvalue weighted by Crippen LogP contribution is -2.19. The Hall–Kier alpha value is -1.22. The molecule has 0 radical (unpaired) electrons. The first kappa shape index (κ1) is 16.2. The number of nitrogens with one attached hydrogen (secondary N) is 1. The van der Waals surface area contributed by atoms with E-state index in [1.54, 1.807) is 0 Å². The minimum absolute atomic E-state index is 0.653. The molecule has 2 rings (SSSR count). The third-order valence-corrected chi connectivity index (χ3v) is 3.85. The highest BCUT2D eigenvalue weighted by Gasteiger charge is 2.14. The molecule has 0 saturated heterocycles. The van der Waals surface area contributed by atoms with Crippen molar-refractivity contribution >= 4 is 0 Å². The largest absolute Gasteiger partial charge is 0.486 e. The van der Waals surface area contributed by atoms with E-state index in [2.05, 4.69) is 25.2 Å². The van der Waals surface area contributed by atoms with Crippen LogP contribution in [0.25, 0.3) is 0 Å². The topological polar surface area (TPSA) is 30.5 Å². The van der Waals surface area contributed by atoms with Crippen LogP contribution in [-0.2, 0) is 6.54 Å². The number of ether oxygens (including phenoxy) is 2. The first-order valence-electron chi connectivity index (χ1n) is 8.35. The summed E-state index contributed by atoms with van der Waals surface area (Å²) >= 11 is 0. The highest BCUT2D eigenvalue weighted by atomic mass is 16.6. The molecule has 0 saturated carbocycles. The van der Waals surface area contributed by atoms with Crippen LogP contribution in [0.3, 0.4) is 0 Å². The van der Waals surface area contributed by atoms with Gasteiger partial charge < -0.3 is 14.8 Å². The average molecular weight is 291 g/mol. The normalized spacial score (nSPS) is 13.7. The van der Waals surface area contributed by atoms with E-state index in [0.717, 1.165) is 30.5 Å². The molecular formula is C18H29NO2. The molecular weight excluding hydrogens is 262 g/mol. The molecule has 0 bridgehead atoms. The molecule has 0 aliphatic carbocycles. The second kappa shape index (κ2) is 8.93. The lowest BCUT2D eigenvalue weighted by Gasteiger charge is -2.21. The van der Waals surface area contributed by atoms with Crippen molar-refractivity contribution in [3.63, 3.8) is 0 Å². The number of hydrogen-bond acceptors (Lipinski definition) is 3. The van der Waals surface area contributed by atoms with Gasteiger partial charge in [-0.1, -0.05) is 51.7 Å². The molecule has 0 atom stereocenters. The summed E-state index contributed by atoms with van der Waals surface area (Å²) in [4.78, 5) is 0. The zero-order chi connectivity index (χ0) is 14.9. The molecule has 0 amide bonds. The third kappa shape index (κ3) is 5.58. The van der Waals surface area contributed by atoms with Gasteiger partial charge >= 0.3 is 0 Å². The predicted octanol–water partition coefficient (Wildman–Crippen LogP) is 4.15. The first-order chi connectivity index (χ1) is 10.3. The third-order valence-electron chi connectivity index (χ3n) is 3.85. The smallest absolute Gasteiger partial charge is 0.165 e. The van der Waals surface area contributed by atoms with E-state index in [-0.39, 0.29) is 0 Å². The molecule has 3 nitrogen and oxygen atoms in total. The number of fused-ring (bicyclic) bond motifs is 1. The van der Waals surface area contributed by atoms with Gasteiger partial charge in [0.1, 0.15) is 13.2 Å². The number of benzene rings is 1. The van der Waals surface area contributed by atoms with Crippen LogP contribution in [0.1, 0.15) is 51.5 Å². The molecule has 1 heterocycles. The number of para-hydroxylation sites is 1. The SMILES string of the molecule is CC(C)CCCCCCNCc1cccc2c1OCCO2. The fourth-order valence-electron chi connectivity index (χ4n) is 2.65. The van der Waals surface area contributed by atoms with Crippen LogP contribution >= 0.6 is 0 Å². The highest BCUT2D eigenvalue weighted by Crippen LogP contribution is 2.33. The Labute approximate surface area is 129 Å². The molecule has 0 spiro atoms. The molecule has 1 aliphatic heterocycles. The Balaban J connectivity index is 1.61. The maximum absolute atomic E-state index is 5.72. The number of hydrogen-bond donors (Lipinski definition) is 1. The van der Waals surface area contributed by atoms with Crippen LogP contribution in [0.4, 0.5) is 0 Å². The lowest BCUT2D eigenvalue weighted by molar-refractivity contribution is 0.169. The summed E-state index contributed by atoms with van der Waals surface area (Å²) in [6.45, 7) is 7.84.